The standard InChI is InChI=1S/C26H23N3O2S2/c1-17-7-9-19(10-8-17)23-15-22(18-11-13-20(31-2)14-12-18)28-29(23)25(30)16-32-26-27-21-5-3-4-6-24(21)33-26/h3-14,23H,15-16H2,1-2H3. The Morgan fingerprint density at radius 1 is 1.09 bits per heavy atom. The van der Waals surface area contributed by atoms with Gasteiger partial charge in [-0.25, -0.2) is 9.99 Å². The van der Waals surface area contributed by atoms with Crippen molar-refractivity contribution in [2.45, 2.75) is 23.7 Å². The van der Waals surface area contributed by atoms with Crippen LogP contribution in [-0.4, -0.2) is 34.5 Å². The zero-order chi connectivity index (χ0) is 22.8. The van der Waals surface area contributed by atoms with E-state index in [0.717, 1.165) is 37.1 Å². The summed E-state index contributed by atoms with van der Waals surface area (Å²) in [5, 5.41) is 6.44. The molecule has 1 aliphatic rings. The number of hydrogen-bond acceptors (Lipinski definition) is 6. The van der Waals surface area contributed by atoms with Crippen LogP contribution in [0.4, 0.5) is 0 Å². The Kier molecular flexibility index (Phi) is 6.15. The van der Waals surface area contributed by atoms with Gasteiger partial charge in [0, 0.05) is 6.42 Å². The first-order chi connectivity index (χ1) is 16.1. The summed E-state index contributed by atoms with van der Waals surface area (Å²) in [5.74, 6) is 1.07. The highest BCUT2D eigenvalue weighted by Gasteiger charge is 2.33. The largest absolute Gasteiger partial charge is 0.497 e. The van der Waals surface area contributed by atoms with Gasteiger partial charge in [0.05, 0.1) is 34.8 Å². The monoisotopic (exact) mass is 473 g/mol. The number of fused-ring (bicyclic) bond motifs is 1. The molecular weight excluding hydrogens is 450 g/mol. The second-order valence-electron chi connectivity index (χ2n) is 7.88. The Hall–Kier alpha value is -3.16. The maximum absolute atomic E-state index is 13.3. The number of ether oxygens (including phenoxy) is 1. The molecule has 166 valence electrons. The van der Waals surface area contributed by atoms with Gasteiger partial charge in [0.15, 0.2) is 4.34 Å². The lowest BCUT2D eigenvalue weighted by Crippen LogP contribution is -2.28. The Bertz CT molecular complexity index is 1280. The number of aryl methyl sites for hydroxylation is 1. The summed E-state index contributed by atoms with van der Waals surface area (Å²) in [6, 6.07) is 24.1. The van der Waals surface area contributed by atoms with E-state index in [-0.39, 0.29) is 11.9 Å². The maximum atomic E-state index is 13.3. The van der Waals surface area contributed by atoms with Crippen molar-refractivity contribution in [2.75, 3.05) is 12.9 Å². The molecular formula is C26H23N3O2S2. The molecule has 5 nitrogen and oxygen atoms in total. The third-order valence-electron chi connectivity index (χ3n) is 5.64. The maximum Gasteiger partial charge on any atom is 0.253 e. The number of thiazole rings is 1. The zero-order valence-electron chi connectivity index (χ0n) is 18.4. The Balaban J connectivity index is 1.38. The van der Waals surface area contributed by atoms with E-state index in [1.165, 1.54) is 17.3 Å². The lowest BCUT2D eigenvalue weighted by molar-refractivity contribution is -0.130. The van der Waals surface area contributed by atoms with E-state index in [2.05, 4.69) is 42.2 Å². The van der Waals surface area contributed by atoms with Gasteiger partial charge in [0.2, 0.25) is 0 Å². The van der Waals surface area contributed by atoms with E-state index in [4.69, 9.17) is 9.84 Å². The van der Waals surface area contributed by atoms with Gasteiger partial charge in [-0.15, -0.1) is 11.3 Å². The smallest absolute Gasteiger partial charge is 0.253 e. The predicted molar refractivity (Wildman–Crippen MR) is 135 cm³/mol. The molecule has 1 amide bonds. The molecule has 1 aliphatic heterocycles. The van der Waals surface area contributed by atoms with E-state index in [9.17, 15) is 4.79 Å². The number of methoxy groups -OCH3 is 1. The van der Waals surface area contributed by atoms with E-state index in [1.807, 2.05) is 42.5 Å². The molecule has 0 radical (unpaired) electrons. The molecule has 1 aromatic heterocycles. The van der Waals surface area contributed by atoms with Gasteiger partial charge in [0.1, 0.15) is 5.75 Å². The molecule has 4 aromatic rings. The van der Waals surface area contributed by atoms with Crippen LogP contribution in [-0.2, 0) is 4.79 Å². The second-order valence-corrected chi connectivity index (χ2v) is 10.1. The van der Waals surface area contributed by atoms with Gasteiger partial charge in [-0.05, 0) is 54.4 Å². The first kappa shape index (κ1) is 21.7. The Morgan fingerprint density at radius 2 is 1.85 bits per heavy atom. The van der Waals surface area contributed by atoms with Gasteiger partial charge in [-0.2, -0.15) is 5.10 Å². The Morgan fingerprint density at radius 3 is 2.58 bits per heavy atom. The van der Waals surface area contributed by atoms with Crippen LogP contribution in [0.25, 0.3) is 10.2 Å². The molecule has 0 spiro atoms. The van der Waals surface area contributed by atoms with Crippen LogP contribution in [0.2, 0.25) is 0 Å². The summed E-state index contributed by atoms with van der Waals surface area (Å²) < 4.78 is 7.31. The van der Waals surface area contributed by atoms with Gasteiger partial charge >= 0.3 is 0 Å². The average molecular weight is 474 g/mol. The summed E-state index contributed by atoms with van der Waals surface area (Å²) >= 11 is 3.09. The quantitative estimate of drug-likeness (QED) is 0.318. The predicted octanol–water partition coefficient (Wildman–Crippen LogP) is 6.08. The minimum Gasteiger partial charge on any atom is -0.497 e. The van der Waals surface area contributed by atoms with Crippen molar-refractivity contribution >= 4 is 44.9 Å². The first-order valence-electron chi connectivity index (χ1n) is 10.7. The third kappa shape index (κ3) is 4.65. The fraction of sp³-hybridized carbons (Fsp3) is 0.192. The molecule has 2 heterocycles. The normalized spacial score (nSPS) is 15.6. The van der Waals surface area contributed by atoms with Gasteiger partial charge in [-0.3, -0.25) is 4.79 Å². The molecule has 5 rings (SSSR count). The minimum atomic E-state index is -0.119. The van der Waals surface area contributed by atoms with Crippen molar-refractivity contribution in [3.05, 3.63) is 89.5 Å². The van der Waals surface area contributed by atoms with E-state index in [0.29, 0.717) is 12.2 Å². The molecule has 0 bridgehead atoms. The molecule has 0 fully saturated rings. The van der Waals surface area contributed by atoms with Crippen molar-refractivity contribution in [1.82, 2.24) is 9.99 Å². The summed E-state index contributed by atoms with van der Waals surface area (Å²) in [4.78, 5) is 18.0. The number of thioether (sulfide) groups is 1. The van der Waals surface area contributed by atoms with Crippen LogP contribution in [0.15, 0.2) is 82.2 Å². The van der Waals surface area contributed by atoms with Gasteiger partial charge < -0.3 is 4.74 Å². The number of amides is 1. The van der Waals surface area contributed by atoms with Crippen LogP contribution in [0.1, 0.15) is 29.2 Å². The molecule has 0 saturated heterocycles. The number of hydrogen-bond donors (Lipinski definition) is 0. The number of para-hydroxylation sites is 1. The summed E-state index contributed by atoms with van der Waals surface area (Å²) in [6.45, 7) is 2.06. The van der Waals surface area contributed by atoms with Crippen LogP contribution < -0.4 is 4.74 Å². The molecule has 3 aromatic carbocycles. The van der Waals surface area contributed by atoms with Crippen molar-refractivity contribution in [1.29, 1.82) is 0 Å². The molecule has 0 N–H and O–H groups in total. The van der Waals surface area contributed by atoms with Crippen molar-refractivity contribution in [3.63, 3.8) is 0 Å². The fourth-order valence-corrected chi connectivity index (χ4v) is 5.77. The highest BCUT2D eigenvalue weighted by molar-refractivity contribution is 8.01. The number of carbonyl (C=O) groups excluding carboxylic acids is 1. The lowest BCUT2D eigenvalue weighted by atomic mass is 9.97. The first-order valence-corrected chi connectivity index (χ1v) is 12.5. The van der Waals surface area contributed by atoms with Crippen LogP contribution in [0.3, 0.4) is 0 Å². The van der Waals surface area contributed by atoms with Crippen molar-refractivity contribution < 1.29 is 9.53 Å². The number of hydrazone groups is 1. The molecule has 1 unspecified atom stereocenters. The van der Waals surface area contributed by atoms with E-state index < -0.39 is 0 Å². The van der Waals surface area contributed by atoms with E-state index >= 15 is 0 Å². The molecule has 0 aliphatic carbocycles. The van der Waals surface area contributed by atoms with Crippen molar-refractivity contribution in [2.24, 2.45) is 5.10 Å². The number of aromatic nitrogens is 1. The van der Waals surface area contributed by atoms with Crippen LogP contribution >= 0.6 is 23.1 Å². The SMILES string of the molecule is COc1ccc(C2=NN(C(=O)CSc3nc4ccccc4s3)C(c3ccc(C)cc3)C2)cc1. The van der Waals surface area contributed by atoms with Gasteiger partial charge in [-0.1, -0.05) is 53.7 Å². The summed E-state index contributed by atoms with van der Waals surface area (Å²) in [7, 11) is 1.65. The van der Waals surface area contributed by atoms with Crippen LogP contribution in [0.5, 0.6) is 5.75 Å². The molecule has 7 heteroatoms. The van der Waals surface area contributed by atoms with Gasteiger partial charge in [0.25, 0.3) is 5.91 Å². The fourth-order valence-electron chi connectivity index (χ4n) is 3.85. The third-order valence-corrected chi connectivity index (χ3v) is 7.81. The van der Waals surface area contributed by atoms with Crippen LogP contribution in [0, 0.1) is 6.92 Å². The number of benzene rings is 3. The van der Waals surface area contributed by atoms with E-state index in [1.54, 1.807) is 23.5 Å². The molecule has 0 saturated carbocycles. The highest BCUT2D eigenvalue weighted by atomic mass is 32.2. The molecule has 1 atom stereocenters. The lowest BCUT2D eigenvalue weighted by Gasteiger charge is -2.22. The Labute approximate surface area is 201 Å². The summed E-state index contributed by atoms with van der Waals surface area (Å²) in [6.07, 6.45) is 0.674. The number of nitrogens with zero attached hydrogens (tertiary/aromatic N) is 3. The zero-order valence-corrected chi connectivity index (χ0v) is 20.0. The minimum absolute atomic E-state index is 0.0201. The highest BCUT2D eigenvalue weighted by Crippen LogP contribution is 2.35. The number of carbonyl (C=O) groups is 1. The molecule has 33 heavy (non-hydrogen) atoms. The number of rotatable bonds is 6. The topological polar surface area (TPSA) is 54.8 Å². The average Bonchev–Trinajstić information content (AvgIpc) is 3.48. The second kappa shape index (κ2) is 9.37. The summed E-state index contributed by atoms with van der Waals surface area (Å²) in [5.41, 5.74) is 5.16. The van der Waals surface area contributed by atoms with Crippen molar-refractivity contribution in [3.8, 4) is 5.75 Å².